The Morgan fingerprint density at radius 2 is 2.05 bits per heavy atom. The second-order valence-electron chi connectivity index (χ2n) is 6.05. The molecular weight excluding hydrogens is 238 g/mol. The first-order chi connectivity index (χ1) is 9.11. The van der Waals surface area contributed by atoms with Gasteiger partial charge < -0.3 is 10.6 Å². The van der Waals surface area contributed by atoms with Crippen LogP contribution in [0.25, 0.3) is 0 Å². The maximum Gasteiger partial charge on any atom is 0.234 e. The first kappa shape index (κ1) is 16.4. The van der Waals surface area contributed by atoms with Crippen LogP contribution in [0.2, 0.25) is 0 Å². The van der Waals surface area contributed by atoms with Gasteiger partial charge in [0.05, 0.1) is 6.54 Å². The maximum atomic E-state index is 11.9. The number of nitrogens with zero attached hydrogens (tertiary/aromatic N) is 1. The van der Waals surface area contributed by atoms with E-state index in [1.165, 1.54) is 12.8 Å². The molecule has 1 fully saturated rings. The summed E-state index contributed by atoms with van der Waals surface area (Å²) in [6.45, 7) is 12.1. The Bertz CT molecular complexity index is 250. The normalized spacial score (nSPS) is 17.1. The van der Waals surface area contributed by atoms with Crippen LogP contribution in [0.3, 0.4) is 0 Å². The standard InChI is InChI=1S/C15H31N3O/c1-4-18(11-14-6-8-16-9-7-14)12-15(19)17-10-5-13(2)3/h13-14,16H,4-12H2,1-3H3,(H,17,19). The highest BCUT2D eigenvalue weighted by Crippen LogP contribution is 2.13. The SMILES string of the molecule is CCN(CC(=O)NCCC(C)C)CC1CCNCC1. The van der Waals surface area contributed by atoms with Crippen LogP contribution in [-0.2, 0) is 4.79 Å². The zero-order valence-corrected chi connectivity index (χ0v) is 12.9. The van der Waals surface area contributed by atoms with Crippen LogP contribution < -0.4 is 10.6 Å². The first-order valence-electron chi connectivity index (χ1n) is 7.81. The maximum absolute atomic E-state index is 11.9. The molecule has 19 heavy (non-hydrogen) atoms. The Morgan fingerprint density at radius 3 is 2.63 bits per heavy atom. The Balaban J connectivity index is 2.20. The molecule has 4 heteroatoms. The van der Waals surface area contributed by atoms with Gasteiger partial charge in [-0.25, -0.2) is 0 Å². The monoisotopic (exact) mass is 269 g/mol. The molecule has 0 saturated carbocycles. The Labute approximate surface area is 118 Å². The van der Waals surface area contributed by atoms with Crippen LogP contribution in [0.4, 0.5) is 0 Å². The molecule has 0 bridgehead atoms. The number of likely N-dealkylation sites (N-methyl/N-ethyl adjacent to an activating group) is 1. The predicted octanol–water partition coefficient (Wildman–Crippen LogP) is 1.47. The number of hydrogen-bond donors (Lipinski definition) is 2. The van der Waals surface area contributed by atoms with Crippen LogP contribution in [0.1, 0.15) is 40.0 Å². The lowest BCUT2D eigenvalue weighted by Crippen LogP contribution is -2.41. The minimum absolute atomic E-state index is 0.177. The van der Waals surface area contributed by atoms with Gasteiger partial charge in [-0.3, -0.25) is 9.69 Å². The van der Waals surface area contributed by atoms with Gasteiger partial charge in [-0.2, -0.15) is 0 Å². The van der Waals surface area contributed by atoms with Crippen molar-refractivity contribution in [3.05, 3.63) is 0 Å². The van der Waals surface area contributed by atoms with Gasteiger partial charge in [0.15, 0.2) is 0 Å². The summed E-state index contributed by atoms with van der Waals surface area (Å²) in [5.41, 5.74) is 0. The highest BCUT2D eigenvalue weighted by molar-refractivity contribution is 5.77. The molecular formula is C15H31N3O. The van der Waals surface area contributed by atoms with Gasteiger partial charge in [-0.05, 0) is 50.7 Å². The number of rotatable bonds is 8. The van der Waals surface area contributed by atoms with E-state index >= 15 is 0 Å². The van der Waals surface area contributed by atoms with Crippen molar-refractivity contribution in [3.8, 4) is 0 Å². The van der Waals surface area contributed by atoms with Gasteiger partial charge in [0.2, 0.25) is 5.91 Å². The lowest BCUT2D eigenvalue weighted by atomic mass is 9.97. The predicted molar refractivity (Wildman–Crippen MR) is 80.2 cm³/mol. The summed E-state index contributed by atoms with van der Waals surface area (Å²) in [6.07, 6.45) is 3.54. The van der Waals surface area contributed by atoms with E-state index in [-0.39, 0.29) is 5.91 Å². The molecule has 4 nitrogen and oxygen atoms in total. The summed E-state index contributed by atoms with van der Waals surface area (Å²) in [4.78, 5) is 14.1. The summed E-state index contributed by atoms with van der Waals surface area (Å²) >= 11 is 0. The van der Waals surface area contributed by atoms with Crippen LogP contribution in [0.5, 0.6) is 0 Å². The van der Waals surface area contributed by atoms with Crippen molar-refractivity contribution in [2.75, 3.05) is 39.3 Å². The highest BCUT2D eigenvalue weighted by atomic mass is 16.2. The van der Waals surface area contributed by atoms with Crippen molar-refractivity contribution < 1.29 is 4.79 Å². The summed E-state index contributed by atoms with van der Waals surface area (Å²) in [5, 5.41) is 6.41. The molecule has 0 radical (unpaired) electrons. The van der Waals surface area contributed by atoms with E-state index in [9.17, 15) is 4.79 Å². The molecule has 0 spiro atoms. The molecule has 1 rings (SSSR count). The lowest BCUT2D eigenvalue weighted by molar-refractivity contribution is -0.122. The van der Waals surface area contributed by atoms with E-state index < -0.39 is 0 Å². The van der Waals surface area contributed by atoms with Crippen LogP contribution in [-0.4, -0.2) is 50.1 Å². The van der Waals surface area contributed by atoms with Crippen molar-refractivity contribution >= 4 is 5.91 Å². The van der Waals surface area contributed by atoms with Crippen LogP contribution >= 0.6 is 0 Å². The molecule has 1 amide bonds. The molecule has 0 aliphatic carbocycles. The van der Waals surface area contributed by atoms with Gasteiger partial charge in [0.25, 0.3) is 0 Å². The fraction of sp³-hybridized carbons (Fsp3) is 0.933. The van der Waals surface area contributed by atoms with E-state index in [0.717, 1.165) is 45.1 Å². The molecule has 1 heterocycles. The summed E-state index contributed by atoms with van der Waals surface area (Å²) < 4.78 is 0. The third kappa shape index (κ3) is 7.53. The molecule has 112 valence electrons. The number of carbonyl (C=O) groups is 1. The van der Waals surface area contributed by atoms with Crippen molar-refractivity contribution in [1.82, 2.24) is 15.5 Å². The molecule has 0 atom stereocenters. The number of nitrogens with one attached hydrogen (secondary N) is 2. The molecule has 2 N–H and O–H groups in total. The minimum Gasteiger partial charge on any atom is -0.355 e. The van der Waals surface area contributed by atoms with E-state index in [0.29, 0.717) is 12.5 Å². The molecule has 0 aromatic rings. The van der Waals surface area contributed by atoms with Gasteiger partial charge in [-0.1, -0.05) is 20.8 Å². The number of amides is 1. The van der Waals surface area contributed by atoms with Crippen molar-refractivity contribution in [1.29, 1.82) is 0 Å². The van der Waals surface area contributed by atoms with Crippen molar-refractivity contribution in [2.45, 2.75) is 40.0 Å². The van der Waals surface area contributed by atoms with Crippen LogP contribution in [0.15, 0.2) is 0 Å². The molecule has 0 unspecified atom stereocenters. The van der Waals surface area contributed by atoms with Crippen LogP contribution in [0, 0.1) is 11.8 Å². The highest BCUT2D eigenvalue weighted by Gasteiger charge is 2.17. The Hall–Kier alpha value is -0.610. The largest absolute Gasteiger partial charge is 0.355 e. The third-order valence-electron chi connectivity index (χ3n) is 3.83. The lowest BCUT2D eigenvalue weighted by Gasteiger charge is -2.28. The second-order valence-corrected chi connectivity index (χ2v) is 6.05. The molecule has 0 aromatic heterocycles. The van der Waals surface area contributed by atoms with Crippen molar-refractivity contribution in [3.63, 3.8) is 0 Å². The average Bonchev–Trinajstić information content (AvgIpc) is 2.38. The Morgan fingerprint density at radius 1 is 1.37 bits per heavy atom. The fourth-order valence-corrected chi connectivity index (χ4v) is 2.49. The van der Waals surface area contributed by atoms with E-state index in [2.05, 4.69) is 36.3 Å². The quantitative estimate of drug-likeness (QED) is 0.701. The zero-order chi connectivity index (χ0) is 14.1. The second kappa shape index (κ2) is 9.32. The van der Waals surface area contributed by atoms with Gasteiger partial charge in [0.1, 0.15) is 0 Å². The first-order valence-corrected chi connectivity index (χ1v) is 7.81. The van der Waals surface area contributed by atoms with Gasteiger partial charge >= 0.3 is 0 Å². The molecule has 1 saturated heterocycles. The summed E-state index contributed by atoms with van der Waals surface area (Å²) in [5.74, 6) is 1.58. The topological polar surface area (TPSA) is 44.4 Å². The third-order valence-corrected chi connectivity index (χ3v) is 3.83. The number of carbonyl (C=O) groups excluding carboxylic acids is 1. The molecule has 0 aromatic carbocycles. The molecule has 1 aliphatic rings. The minimum atomic E-state index is 0.177. The fourth-order valence-electron chi connectivity index (χ4n) is 2.49. The number of piperidine rings is 1. The van der Waals surface area contributed by atoms with E-state index in [1.807, 2.05) is 0 Å². The average molecular weight is 269 g/mol. The van der Waals surface area contributed by atoms with Gasteiger partial charge in [0, 0.05) is 13.1 Å². The summed E-state index contributed by atoms with van der Waals surface area (Å²) in [6, 6.07) is 0. The smallest absolute Gasteiger partial charge is 0.234 e. The van der Waals surface area contributed by atoms with Gasteiger partial charge in [-0.15, -0.1) is 0 Å². The summed E-state index contributed by atoms with van der Waals surface area (Å²) in [7, 11) is 0. The van der Waals surface area contributed by atoms with E-state index in [4.69, 9.17) is 0 Å². The van der Waals surface area contributed by atoms with Crippen molar-refractivity contribution in [2.24, 2.45) is 11.8 Å². The zero-order valence-electron chi connectivity index (χ0n) is 12.9. The molecule has 1 aliphatic heterocycles. The Kier molecular flexibility index (Phi) is 8.07. The van der Waals surface area contributed by atoms with E-state index in [1.54, 1.807) is 0 Å². The number of hydrogen-bond acceptors (Lipinski definition) is 3.